The summed E-state index contributed by atoms with van der Waals surface area (Å²) in [6, 6.07) is 5.70. The highest BCUT2D eigenvalue weighted by Gasteiger charge is 2.19. The Balaban J connectivity index is 2.97. The minimum Gasteiger partial charge on any atom is -0.492 e. The van der Waals surface area contributed by atoms with Crippen LogP contribution >= 0.6 is 0 Å². The molecule has 1 aromatic rings. The lowest BCUT2D eigenvalue weighted by Gasteiger charge is -2.22. The van der Waals surface area contributed by atoms with Crippen molar-refractivity contribution in [2.24, 2.45) is 10.9 Å². The number of aryl methyl sites for hydroxylation is 2. The molecule has 1 atom stereocenters. The average Bonchev–Trinajstić information content (AvgIpc) is 2.53. The lowest BCUT2D eigenvalue weighted by molar-refractivity contribution is -0.136. The van der Waals surface area contributed by atoms with Crippen molar-refractivity contribution in [3.05, 3.63) is 40.8 Å². The van der Waals surface area contributed by atoms with Crippen LogP contribution in [0.1, 0.15) is 45.2 Å². The number of hydrogen-bond donors (Lipinski definition) is 1. The molecule has 0 saturated carbocycles. The molecule has 0 aliphatic rings. The molecule has 1 rings (SSSR count). The smallest absolute Gasteiger partial charge is 0.303 e. The van der Waals surface area contributed by atoms with Gasteiger partial charge in [0.05, 0.1) is 12.3 Å². The molecule has 0 aliphatic heterocycles. The molecule has 138 valence electrons. The highest BCUT2D eigenvalue weighted by Crippen LogP contribution is 2.25. The zero-order valence-corrected chi connectivity index (χ0v) is 15.8. The predicted octanol–water partition coefficient (Wildman–Crippen LogP) is 4.38. The van der Waals surface area contributed by atoms with Gasteiger partial charge in [-0.05, 0) is 63.1 Å². The van der Waals surface area contributed by atoms with E-state index in [0.717, 1.165) is 16.8 Å². The third kappa shape index (κ3) is 6.25. The highest BCUT2D eigenvalue weighted by atomic mass is 16.5. The Morgan fingerprint density at radius 1 is 1.32 bits per heavy atom. The van der Waals surface area contributed by atoms with E-state index in [1.165, 1.54) is 0 Å². The zero-order chi connectivity index (χ0) is 19.0. The summed E-state index contributed by atoms with van der Waals surface area (Å²) in [4.78, 5) is 14.8. The molecular formula is C20H29NO4. The number of allylic oxidation sites excluding steroid dienone is 1. The number of carboxylic acids is 1. The number of rotatable bonds is 10. The summed E-state index contributed by atoms with van der Waals surface area (Å²) in [5, 5.41) is 8.81. The van der Waals surface area contributed by atoms with Gasteiger partial charge < -0.3 is 14.6 Å². The molecule has 1 aromatic carbocycles. The normalized spacial score (nSPS) is 13.2. The van der Waals surface area contributed by atoms with Crippen molar-refractivity contribution in [1.82, 2.24) is 0 Å². The monoisotopic (exact) mass is 347 g/mol. The number of aliphatic imine (C=N–C) groups is 1. The van der Waals surface area contributed by atoms with Gasteiger partial charge in [0.1, 0.15) is 5.75 Å². The van der Waals surface area contributed by atoms with Crippen molar-refractivity contribution in [1.29, 1.82) is 0 Å². The van der Waals surface area contributed by atoms with Crippen LogP contribution in [0.3, 0.4) is 0 Å². The molecule has 0 fully saturated rings. The van der Waals surface area contributed by atoms with Crippen LogP contribution in [0.25, 0.3) is 0 Å². The molecule has 0 bridgehead atoms. The van der Waals surface area contributed by atoms with Crippen LogP contribution in [0.15, 0.2) is 34.6 Å². The van der Waals surface area contributed by atoms with E-state index in [9.17, 15) is 4.79 Å². The molecule has 1 N–H and O–H groups in total. The number of carbonyl (C=O) groups is 1. The number of carboxylic acid groups (broad SMARTS) is 1. The van der Waals surface area contributed by atoms with Gasteiger partial charge in [0, 0.05) is 6.42 Å². The molecule has 0 amide bonds. The number of benzene rings is 1. The second-order valence-corrected chi connectivity index (χ2v) is 6.24. The van der Waals surface area contributed by atoms with Gasteiger partial charge in [0.2, 0.25) is 0 Å². The largest absolute Gasteiger partial charge is 0.492 e. The van der Waals surface area contributed by atoms with E-state index in [1.807, 2.05) is 52.8 Å². The van der Waals surface area contributed by atoms with E-state index in [0.29, 0.717) is 24.5 Å². The molecule has 0 aliphatic carbocycles. The minimum atomic E-state index is -0.794. The van der Waals surface area contributed by atoms with Crippen molar-refractivity contribution >= 4 is 12.7 Å². The van der Waals surface area contributed by atoms with Gasteiger partial charge in [0.15, 0.2) is 11.9 Å². The fourth-order valence-corrected chi connectivity index (χ4v) is 2.62. The summed E-state index contributed by atoms with van der Waals surface area (Å²) in [6.07, 6.45) is 0.336. The first-order chi connectivity index (χ1) is 11.8. The van der Waals surface area contributed by atoms with E-state index in [2.05, 4.69) is 11.7 Å². The first kappa shape index (κ1) is 20.7. The highest BCUT2D eigenvalue weighted by molar-refractivity contribution is 5.67. The fourth-order valence-electron chi connectivity index (χ4n) is 2.62. The van der Waals surface area contributed by atoms with Crippen molar-refractivity contribution in [3.63, 3.8) is 0 Å². The minimum absolute atomic E-state index is 0.122. The van der Waals surface area contributed by atoms with E-state index in [1.54, 1.807) is 0 Å². The molecule has 0 spiro atoms. The van der Waals surface area contributed by atoms with E-state index in [-0.39, 0.29) is 18.4 Å². The van der Waals surface area contributed by atoms with Crippen LogP contribution in [0.5, 0.6) is 5.75 Å². The van der Waals surface area contributed by atoms with Crippen molar-refractivity contribution in [2.45, 2.75) is 53.6 Å². The van der Waals surface area contributed by atoms with Crippen molar-refractivity contribution < 1.29 is 19.4 Å². The Labute approximate surface area is 150 Å². The Morgan fingerprint density at radius 3 is 2.48 bits per heavy atom. The van der Waals surface area contributed by atoms with Crippen LogP contribution < -0.4 is 4.74 Å². The Kier molecular flexibility index (Phi) is 8.19. The number of hydrogen-bond acceptors (Lipinski definition) is 4. The van der Waals surface area contributed by atoms with Crippen molar-refractivity contribution in [3.8, 4) is 5.75 Å². The maximum Gasteiger partial charge on any atom is 0.303 e. The van der Waals surface area contributed by atoms with Crippen LogP contribution in [0, 0.1) is 12.8 Å². The maximum atomic E-state index is 10.7. The number of ether oxygens (including phenoxy) is 2. The van der Waals surface area contributed by atoms with E-state index in [4.69, 9.17) is 14.6 Å². The van der Waals surface area contributed by atoms with Crippen LogP contribution in [-0.4, -0.2) is 30.5 Å². The molecule has 0 aromatic heterocycles. The number of nitrogens with zero attached hydrogens (tertiary/aromatic N) is 1. The summed E-state index contributed by atoms with van der Waals surface area (Å²) < 4.78 is 11.8. The summed E-state index contributed by atoms with van der Waals surface area (Å²) in [7, 11) is 0. The molecule has 0 saturated heterocycles. The van der Waals surface area contributed by atoms with Gasteiger partial charge in [0.25, 0.3) is 0 Å². The summed E-state index contributed by atoms with van der Waals surface area (Å²) in [5.74, 6) is 0.803. The molecule has 0 radical (unpaired) electrons. The molecular weight excluding hydrogens is 318 g/mol. The zero-order valence-electron chi connectivity index (χ0n) is 15.8. The van der Waals surface area contributed by atoms with Crippen molar-refractivity contribution in [2.75, 3.05) is 6.61 Å². The van der Waals surface area contributed by atoms with E-state index < -0.39 is 5.97 Å². The Bertz CT molecular complexity index is 635. The second-order valence-electron chi connectivity index (χ2n) is 6.24. The molecule has 1 unspecified atom stereocenters. The van der Waals surface area contributed by atoms with Gasteiger partial charge >= 0.3 is 5.97 Å². The lowest BCUT2D eigenvalue weighted by atomic mass is 10.0. The third-order valence-corrected chi connectivity index (χ3v) is 3.87. The summed E-state index contributed by atoms with van der Waals surface area (Å²) >= 11 is 0. The third-order valence-electron chi connectivity index (χ3n) is 3.87. The average molecular weight is 347 g/mol. The Morgan fingerprint density at radius 2 is 2.00 bits per heavy atom. The molecule has 25 heavy (non-hydrogen) atoms. The first-order valence-electron chi connectivity index (χ1n) is 8.61. The number of aliphatic carboxylic acids is 1. The molecule has 0 heterocycles. The summed E-state index contributed by atoms with van der Waals surface area (Å²) in [6.45, 7) is 14.1. The van der Waals surface area contributed by atoms with Crippen LogP contribution in [-0.2, 0) is 16.0 Å². The predicted molar refractivity (Wildman–Crippen MR) is 100 cm³/mol. The van der Waals surface area contributed by atoms with E-state index >= 15 is 0 Å². The lowest BCUT2D eigenvalue weighted by Crippen LogP contribution is -2.20. The topological polar surface area (TPSA) is 68.1 Å². The molecule has 5 heteroatoms. The SMILES string of the molecule is C=N/C(=C(\OCC)C(C)Oc1ccc(CCC(=O)O)c(C)c1)C(C)C. The molecule has 5 nitrogen and oxygen atoms in total. The van der Waals surface area contributed by atoms with Gasteiger partial charge in [-0.1, -0.05) is 19.9 Å². The van der Waals surface area contributed by atoms with Crippen LogP contribution in [0.2, 0.25) is 0 Å². The maximum absolute atomic E-state index is 10.7. The van der Waals surface area contributed by atoms with Gasteiger partial charge in [-0.2, -0.15) is 0 Å². The standard InChI is InChI=1S/C20H29NO4/c1-7-24-20(19(21-6)13(2)3)15(5)25-17-10-8-16(14(4)12-17)9-11-18(22)23/h8,10,12-13,15H,6-7,9,11H2,1-5H3,(H,22,23)/b20-19-. The summed E-state index contributed by atoms with van der Waals surface area (Å²) in [5.41, 5.74) is 2.82. The first-order valence-corrected chi connectivity index (χ1v) is 8.61. The van der Waals surface area contributed by atoms with Gasteiger partial charge in [-0.3, -0.25) is 9.79 Å². The Hall–Kier alpha value is -2.30. The quantitative estimate of drug-likeness (QED) is 0.504. The van der Waals surface area contributed by atoms with Gasteiger partial charge in [-0.25, -0.2) is 0 Å². The van der Waals surface area contributed by atoms with Crippen LogP contribution in [0.4, 0.5) is 0 Å². The fraction of sp³-hybridized carbons (Fsp3) is 0.500. The second kappa shape index (κ2) is 9.87. The van der Waals surface area contributed by atoms with Gasteiger partial charge in [-0.15, -0.1) is 0 Å².